The average Bonchev–Trinajstić information content (AvgIpc) is 2.84. The van der Waals surface area contributed by atoms with E-state index in [0.717, 1.165) is 16.5 Å². The number of nitrogens with one attached hydrogen (secondary N) is 1. The van der Waals surface area contributed by atoms with E-state index in [-0.39, 0.29) is 11.7 Å². The molecular formula is C17H14FNO2. The van der Waals surface area contributed by atoms with Gasteiger partial charge in [-0.25, -0.2) is 4.39 Å². The van der Waals surface area contributed by atoms with E-state index in [1.54, 1.807) is 12.1 Å². The van der Waals surface area contributed by atoms with Gasteiger partial charge in [0.1, 0.15) is 11.4 Å². The van der Waals surface area contributed by atoms with Crippen LogP contribution in [-0.2, 0) is 6.54 Å². The number of amides is 1. The van der Waals surface area contributed by atoms with Crippen LogP contribution < -0.4 is 5.32 Å². The van der Waals surface area contributed by atoms with Crippen molar-refractivity contribution in [2.75, 3.05) is 0 Å². The molecule has 1 heterocycles. The maximum absolute atomic E-state index is 12.8. The highest BCUT2D eigenvalue weighted by molar-refractivity contribution is 5.98. The largest absolute Gasteiger partial charge is 0.451 e. The fourth-order valence-corrected chi connectivity index (χ4v) is 2.26. The molecular weight excluding hydrogens is 269 g/mol. The van der Waals surface area contributed by atoms with Crippen LogP contribution in [0.15, 0.2) is 52.9 Å². The predicted molar refractivity (Wildman–Crippen MR) is 78.5 cm³/mol. The predicted octanol–water partition coefficient (Wildman–Crippen LogP) is 3.81. The second-order valence-corrected chi connectivity index (χ2v) is 4.86. The summed E-state index contributed by atoms with van der Waals surface area (Å²) >= 11 is 0. The van der Waals surface area contributed by atoms with Crippen LogP contribution >= 0.6 is 0 Å². The molecule has 0 aliphatic rings. The molecule has 1 amide bonds. The lowest BCUT2D eigenvalue weighted by Crippen LogP contribution is -2.22. The van der Waals surface area contributed by atoms with Gasteiger partial charge in [-0.2, -0.15) is 0 Å². The maximum Gasteiger partial charge on any atom is 0.287 e. The number of hydrogen-bond donors (Lipinski definition) is 1. The van der Waals surface area contributed by atoms with Gasteiger partial charge < -0.3 is 9.73 Å². The molecule has 1 aromatic heterocycles. The number of carbonyl (C=O) groups is 1. The summed E-state index contributed by atoms with van der Waals surface area (Å²) in [4.78, 5) is 12.2. The second-order valence-electron chi connectivity index (χ2n) is 4.86. The Hall–Kier alpha value is -2.62. The van der Waals surface area contributed by atoms with Crippen molar-refractivity contribution in [3.63, 3.8) is 0 Å². The van der Waals surface area contributed by atoms with Gasteiger partial charge in [0, 0.05) is 17.5 Å². The van der Waals surface area contributed by atoms with E-state index in [2.05, 4.69) is 5.32 Å². The number of hydrogen-bond acceptors (Lipinski definition) is 2. The van der Waals surface area contributed by atoms with Gasteiger partial charge in [-0.3, -0.25) is 4.79 Å². The molecule has 3 nitrogen and oxygen atoms in total. The van der Waals surface area contributed by atoms with Gasteiger partial charge in [0.2, 0.25) is 0 Å². The number of fused-ring (bicyclic) bond motifs is 1. The SMILES string of the molecule is Cc1c(C(=O)NCc2ccc(F)cc2)oc2ccccc12. The summed E-state index contributed by atoms with van der Waals surface area (Å²) in [6, 6.07) is 13.5. The minimum atomic E-state index is -0.293. The first-order chi connectivity index (χ1) is 10.1. The molecule has 0 radical (unpaired) electrons. The van der Waals surface area contributed by atoms with Gasteiger partial charge in [-0.15, -0.1) is 0 Å². The molecule has 0 fully saturated rings. The summed E-state index contributed by atoms with van der Waals surface area (Å²) in [7, 11) is 0. The molecule has 2 aromatic carbocycles. The van der Waals surface area contributed by atoms with Crippen molar-refractivity contribution >= 4 is 16.9 Å². The Bertz CT molecular complexity index is 790. The van der Waals surface area contributed by atoms with Crippen molar-refractivity contribution in [1.29, 1.82) is 0 Å². The second kappa shape index (κ2) is 5.40. The monoisotopic (exact) mass is 283 g/mol. The van der Waals surface area contributed by atoms with Gasteiger partial charge in [0.05, 0.1) is 0 Å². The molecule has 0 aliphatic heterocycles. The van der Waals surface area contributed by atoms with Crippen molar-refractivity contribution in [3.05, 3.63) is 71.2 Å². The molecule has 0 bridgehead atoms. The van der Waals surface area contributed by atoms with Crippen LogP contribution in [-0.4, -0.2) is 5.91 Å². The summed E-state index contributed by atoms with van der Waals surface area (Å²) in [5, 5.41) is 3.72. The first-order valence-corrected chi connectivity index (χ1v) is 6.66. The van der Waals surface area contributed by atoms with E-state index < -0.39 is 0 Å². The van der Waals surface area contributed by atoms with E-state index >= 15 is 0 Å². The number of rotatable bonds is 3. The lowest BCUT2D eigenvalue weighted by atomic mass is 10.1. The van der Waals surface area contributed by atoms with Gasteiger partial charge in [-0.05, 0) is 30.7 Å². The molecule has 106 valence electrons. The van der Waals surface area contributed by atoms with Gasteiger partial charge in [-0.1, -0.05) is 30.3 Å². The minimum Gasteiger partial charge on any atom is -0.451 e. The smallest absolute Gasteiger partial charge is 0.287 e. The van der Waals surface area contributed by atoms with Crippen LogP contribution in [0.25, 0.3) is 11.0 Å². The van der Waals surface area contributed by atoms with Gasteiger partial charge in [0.25, 0.3) is 5.91 Å². The number of halogens is 1. The van der Waals surface area contributed by atoms with Crippen LogP contribution in [0.4, 0.5) is 4.39 Å². The molecule has 0 atom stereocenters. The molecule has 0 saturated carbocycles. The number of furan rings is 1. The summed E-state index contributed by atoms with van der Waals surface area (Å²) in [6.07, 6.45) is 0. The van der Waals surface area contributed by atoms with Crippen molar-refractivity contribution in [3.8, 4) is 0 Å². The molecule has 0 aliphatic carbocycles. The van der Waals surface area contributed by atoms with Crippen LogP contribution in [0, 0.1) is 12.7 Å². The highest BCUT2D eigenvalue weighted by Gasteiger charge is 2.16. The first kappa shape index (κ1) is 13.4. The normalized spacial score (nSPS) is 10.8. The van der Waals surface area contributed by atoms with E-state index in [1.165, 1.54) is 12.1 Å². The van der Waals surface area contributed by atoms with Crippen LogP contribution in [0.3, 0.4) is 0 Å². The zero-order valence-corrected chi connectivity index (χ0v) is 11.5. The van der Waals surface area contributed by atoms with Crippen molar-refractivity contribution in [2.24, 2.45) is 0 Å². The maximum atomic E-state index is 12.8. The number of para-hydroxylation sites is 1. The fourth-order valence-electron chi connectivity index (χ4n) is 2.26. The summed E-state index contributed by atoms with van der Waals surface area (Å²) in [5.41, 5.74) is 2.35. The van der Waals surface area contributed by atoms with Gasteiger partial charge in [0.15, 0.2) is 5.76 Å². The Morgan fingerprint density at radius 1 is 1.14 bits per heavy atom. The Morgan fingerprint density at radius 2 is 1.86 bits per heavy atom. The van der Waals surface area contributed by atoms with E-state index in [9.17, 15) is 9.18 Å². The van der Waals surface area contributed by atoms with Gasteiger partial charge >= 0.3 is 0 Å². The molecule has 21 heavy (non-hydrogen) atoms. The fraction of sp³-hybridized carbons (Fsp3) is 0.118. The highest BCUT2D eigenvalue weighted by atomic mass is 19.1. The molecule has 0 unspecified atom stereocenters. The quantitative estimate of drug-likeness (QED) is 0.794. The molecule has 1 N–H and O–H groups in total. The summed E-state index contributed by atoms with van der Waals surface area (Å²) < 4.78 is 18.4. The van der Waals surface area contributed by atoms with Crippen LogP contribution in [0.5, 0.6) is 0 Å². The Kier molecular flexibility index (Phi) is 3.44. The van der Waals surface area contributed by atoms with Crippen molar-refractivity contribution in [1.82, 2.24) is 5.32 Å². The third-order valence-corrected chi connectivity index (χ3v) is 3.42. The zero-order valence-electron chi connectivity index (χ0n) is 11.5. The average molecular weight is 283 g/mol. The Balaban J connectivity index is 1.78. The lowest BCUT2D eigenvalue weighted by Gasteiger charge is -2.04. The summed E-state index contributed by atoms with van der Waals surface area (Å²) in [5.74, 6) is -0.246. The minimum absolute atomic E-state index is 0.270. The Morgan fingerprint density at radius 3 is 2.57 bits per heavy atom. The van der Waals surface area contributed by atoms with Crippen molar-refractivity contribution < 1.29 is 13.6 Å². The highest BCUT2D eigenvalue weighted by Crippen LogP contribution is 2.24. The standard InChI is InChI=1S/C17H14FNO2/c1-11-14-4-2-3-5-15(14)21-16(11)17(20)19-10-12-6-8-13(18)9-7-12/h2-9H,10H2,1H3,(H,19,20). The number of carbonyl (C=O) groups excluding carboxylic acids is 1. The van der Waals surface area contributed by atoms with Crippen LogP contribution in [0.2, 0.25) is 0 Å². The third-order valence-electron chi connectivity index (χ3n) is 3.42. The van der Waals surface area contributed by atoms with E-state index in [1.807, 2.05) is 31.2 Å². The lowest BCUT2D eigenvalue weighted by molar-refractivity contribution is 0.0924. The third kappa shape index (κ3) is 2.65. The van der Waals surface area contributed by atoms with Crippen LogP contribution in [0.1, 0.15) is 21.7 Å². The zero-order chi connectivity index (χ0) is 14.8. The first-order valence-electron chi connectivity index (χ1n) is 6.66. The Labute approximate surface area is 121 Å². The summed E-state index contributed by atoms with van der Waals surface area (Å²) in [6.45, 7) is 2.19. The molecule has 3 aromatic rings. The van der Waals surface area contributed by atoms with Crippen molar-refractivity contribution in [2.45, 2.75) is 13.5 Å². The number of aryl methyl sites for hydroxylation is 1. The van der Waals surface area contributed by atoms with E-state index in [4.69, 9.17) is 4.42 Å². The molecule has 0 spiro atoms. The van der Waals surface area contributed by atoms with E-state index in [0.29, 0.717) is 17.9 Å². The molecule has 4 heteroatoms. The number of benzene rings is 2. The molecule has 0 saturated heterocycles. The topological polar surface area (TPSA) is 42.2 Å². The molecule has 3 rings (SSSR count).